The summed E-state index contributed by atoms with van der Waals surface area (Å²) in [5.41, 5.74) is 16.4. The van der Waals surface area contributed by atoms with Gasteiger partial charge in [0.15, 0.2) is 0 Å². The number of nitrogens with two attached hydrogens (primary N) is 2. The number of amides is 1. The minimum atomic E-state index is -0.606. The van der Waals surface area contributed by atoms with E-state index in [0.717, 1.165) is 16.7 Å². The van der Waals surface area contributed by atoms with E-state index in [0.29, 0.717) is 22.8 Å². The van der Waals surface area contributed by atoms with Crippen LogP contribution < -0.4 is 16.8 Å². The van der Waals surface area contributed by atoms with Crippen LogP contribution in [0.5, 0.6) is 0 Å². The second-order valence-corrected chi connectivity index (χ2v) is 6.38. The first-order chi connectivity index (χ1) is 13.2. The van der Waals surface area contributed by atoms with Crippen molar-refractivity contribution in [2.45, 2.75) is 33.8 Å². The molecular weight excluding hydrogens is 352 g/mol. The molecule has 0 heterocycles. The average Bonchev–Trinajstić information content (AvgIpc) is 2.65. The third kappa shape index (κ3) is 6.46. The maximum absolute atomic E-state index is 12.5. The fourth-order valence-electron chi connectivity index (χ4n) is 2.60. The van der Waals surface area contributed by atoms with E-state index >= 15 is 0 Å². The third-order valence-corrected chi connectivity index (χ3v) is 4.13. The molecule has 0 spiro atoms. The molecule has 6 heteroatoms. The summed E-state index contributed by atoms with van der Waals surface area (Å²) < 4.78 is 5.53. The zero-order chi connectivity index (χ0) is 21.3. The van der Waals surface area contributed by atoms with E-state index in [1.54, 1.807) is 32.2 Å². The molecule has 1 unspecified atom stereocenters. The minimum absolute atomic E-state index is 0.392. The molecule has 28 heavy (non-hydrogen) atoms. The number of rotatable bonds is 7. The maximum atomic E-state index is 12.5. The van der Waals surface area contributed by atoms with E-state index in [2.05, 4.69) is 16.9 Å². The fraction of sp³-hybridized carbons (Fsp3) is 0.273. The Morgan fingerprint density at radius 1 is 1.25 bits per heavy atom. The highest BCUT2D eigenvalue weighted by Crippen LogP contribution is 2.20. The SMILES string of the molecule is C=C/C(N)=C\C=C(/C)C(=NC)/C(NC(=O)OC(C)c1ccccc1C)=C(/C)N. The molecule has 0 saturated heterocycles. The molecule has 6 nitrogen and oxygen atoms in total. The van der Waals surface area contributed by atoms with Crippen LogP contribution >= 0.6 is 0 Å². The van der Waals surface area contributed by atoms with Gasteiger partial charge in [-0.3, -0.25) is 10.3 Å². The van der Waals surface area contributed by atoms with E-state index in [-0.39, 0.29) is 0 Å². The zero-order valence-electron chi connectivity index (χ0n) is 17.2. The Labute approximate surface area is 167 Å². The van der Waals surface area contributed by atoms with Crippen LogP contribution in [-0.4, -0.2) is 18.9 Å². The zero-order valence-corrected chi connectivity index (χ0v) is 17.2. The Morgan fingerprint density at radius 3 is 2.43 bits per heavy atom. The number of alkyl carbamates (subject to hydrolysis) is 1. The first-order valence-corrected chi connectivity index (χ1v) is 8.94. The van der Waals surface area contributed by atoms with Gasteiger partial charge in [-0.15, -0.1) is 0 Å². The Balaban J connectivity index is 3.01. The molecule has 5 N–H and O–H groups in total. The van der Waals surface area contributed by atoms with E-state index in [4.69, 9.17) is 16.2 Å². The van der Waals surface area contributed by atoms with Gasteiger partial charge in [-0.1, -0.05) is 36.9 Å². The van der Waals surface area contributed by atoms with Crippen molar-refractivity contribution in [2.75, 3.05) is 7.05 Å². The predicted molar refractivity (Wildman–Crippen MR) is 116 cm³/mol. The average molecular weight is 383 g/mol. The molecule has 0 radical (unpaired) electrons. The van der Waals surface area contributed by atoms with Gasteiger partial charge in [0.05, 0.1) is 11.4 Å². The molecule has 150 valence electrons. The predicted octanol–water partition coefficient (Wildman–Crippen LogP) is 4.02. The quantitative estimate of drug-likeness (QED) is 0.489. The standard InChI is InChI=1S/C22H30N4O2/c1-7-18(24)13-12-15(3)20(25-6)21(16(4)23)26-22(27)28-17(5)19-11-9-8-10-14(19)2/h7-13,17H,1,23-24H2,2-6H3,(H,26,27)/b15-12+,18-13+,21-16+,25-20?. The third-order valence-electron chi connectivity index (χ3n) is 4.13. The Bertz CT molecular complexity index is 844. The first-order valence-electron chi connectivity index (χ1n) is 8.94. The van der Waals surface area contributed by atoms with Crippen LogP contribution in [0.15, 0.2) is 76.7 Å². The number of carbonyl (C=O) groups is 1. The second-order valence-electron chi connectivity index (χ2n) is 6.38. The number of hydrogen-bond acceptors (Lipinski definition) is 5. The summed E-state index contributed by atoms with van der Waals surface area (Å²) in [6.45, 7) is 10.9. The number of nitrogens with zero attached hydrogens (tertiary/aromatic N) is 1. The van der Waals surface area contributed by atoms with Gasteiger partial charge in [0.2, 0.25) is 0 Å². The summed E-state index contributed by atoms with van der Waals surface area (Å²) in [5.74, 6) is 0. The van der Waals surface area contributed by atoms with E-state index < -0.39 is 12.2 Å². The van der Waals surface area contributed by atoms with Crippen molar-refractivity contribution in [1.82, 2.24) is 5.32 Å². The highest BCUT2D eigenvalue weighted by Gasteiger charge is 2.18. The molecule has 0 saturated carbocycles. The van der Waals surface area contributed by atoms with Crippen LogP contribution in [0.25, 0.3) is 0 Å². The van der Waals surface area contributed by atoms with Gasteiger partial charge in [-0.05, 0) is 56.5 Å². The van der Waals surface area contributed by atoms with Crippen LogP contribution in [0.1, 0.15) is 38.0 Å². The van der Waals surface area contributed by atoms with Gasteiger partial charge in [0.1, 0.15) is 6.10 Å². The maximum Gasteiger partial charge on any atom is 0.412 e. The molecule has 0 aromatic heterocycles. The number of ether oxygens (including phenoxy) is 1. The van der Waals surface area contributed by atoms with Crippen molar-refractivity contribution in [3.8, 4) is 0 Å². The molecule has 1 atom stereocenters. The van der Waals surface area contributed by atoms with E-state index in [1.807, 2.05) is 45.0 Å². The lowest BCUT2D eigenvalue weighted by molar-refractivity contribution is 0.110. The number of allylic oxidation sites excluding steroid dienone is 5. The minimum Gasteiger partial charge on any atom is -0.441 e. The van der Waals surface area contributed by atoms with Crippen LogP contribution in [0, 0.1) is 6.92 Å². The van der Waals surface area contributed by atoms with Gasteiger partial charge >= 0.3 is 6.09 Å². The number of benzene rings is 1. The lowest BCUT2D eigenvalue weighted by Gasteiger charge is -2.19. The van der Waals surface area contributed by atoms with Crippen LogP contribution in [0.2, 0.25) is 0 Å². The van der Waals surface area contributed by atoms with Gasteiger partial charge in [-0.2, -0.15) is 0 Å². The lowest BCUT2D eigenvalue weighted by atomic mass is 10.0. The number of aryl methyl sites for hydroxylation is 1. The molecule has 1 aromatic rings. The molecule has 0 bridgehead atoms. The first kappa shape index (κ1) is 22.8. The Kier molecular flexibility index (Phi) is 8.75. The van der Waals surface area contributed by atoms with Crippen molar-refractivity contribution in [3.63, 3.8) is 0 Å². The number of nitrogens with one attached hydrogen (secondary N) is 1. The van der Waals surface area contributed by atoms with Crippen molar-refractivity contribution in [1.29, 1.82) is 0 Å². The highest BCUT2D eigenvalue weighted by molar-refractivity contribution is 6.13. The number of carbonyl (C=O) groups excluding carboxylic acids is 1. The number of aliphatic imine (C=N–C) groups is 1. The van der Waals surface area contributed by atoms with Gasteiger partial charge in [-0.25, -0.2) is 4.79 Å². The summed E-state index contributed by atoms with van der Waals surface area (Å²) in [7, 11) is 1.62. The lowest BCUT2D eigenvalue weighted by Crippen LogP contribution is -2.31. The fourth-order valence-corrected chi connectivity index (χ4v) is 2.60. The van der Waals surface area contributed by atoms with Crippen molar-refractivity contribution in [3.05, 3.63) is 82.9 Å². The summed E-state index contributed by atoms with van der Waals surface area (Å²) in [5, 5.41) is 2.72. The second kappa shape index (κ2) is 10.8. The molecule has 0 aliphatic rings. The van der Waals surface area contributed by atoms with Crippen molar-refractivity contribution < 1.29 is 9.53 Å². The van der Waals surface area contributed by atoms with Crippen LogP contribution in [0.4, 0.5) is 4.79 Å². The topological polar surface area (TPSA) is 103 Å². The largest absolute Gasteiger partial charge is 0.441 e. The number of hydrogen-bond donors (Lipinski definition) is 3. The van der Waals surface area contributed by atoms with Crippen LogP contribution in [0.3, 0.4) is 0 Å². The summed E-state index contributed by atoms with van der Waals surface area (Å²) in [6.07, 6.45) is 4.01. The van der Waals surface area contributed by atoms with Gasteiger partial charge in [0.25, 0.3) is 0 Å². The van der Waals surface area contributed by atoms with Crippen molar-refractivity contribution in [2.24, 2.45) is 16.5 Å². The molecule has 1 amide bonds. The molecule has 0 fully saturated rings. The summed E-state index contributed by atoms with van der Waals surface area (Å²) in [4.78, 5) is 16.7. The van der Waals surface area contributed by atoms with E-state index in [1.165, 1.54) is 0 Å². The van der Waals surface area contributed by atoms with Crippen LogP contribution in [-0.2, 0) is 4.74 Å². The molecule has 0 aliphatic carbocycles. The van der Waals surface area contributed by atoms with Crippen molar-refractivity contribution >= 4 is 11.8 Å². The van der Waals surface area contributed by atoms with Gasteiger partial charge in [0, 0.05) is 18.4 Å². The van der Waals surface area contributed by atoms with E-state index in [9.17, 15) is 4.79 Å². The van der Waals surface area contributed by atoms with Gasteiger partial charge < -0.3 is 16.2 Å². The smallest absolute Gasteiger partial charge is 0.412 e. The monoisotopic (exact) mass is 382 g/mol. The normalized spacial score (nSPS) is 14.8. The molecule has 1 rings (SSSR count). The molecule has 0 aliphatic heterocycles. The molecule has 1 aromatic carbocycles. The molecular formula is C22H30N4O2. The Morgan fingerprint density at radius 2 is 1.89 bits per heavy atom. The summed E-state index contributed by atoms with van der Waals surface area (Å²) >= 11 is 0. The highest BCUT2D eigenvalue weighted by atomic mass is 16.6. The summed E-state index contributed by atoms with van der Waals surface area (Å²) in [6, 6.07) is 7.76. The Hall–Kier alpha value is -3.28.